The Labute approximate surface area is 108 Å². The van der Waals surface area contributed by atoms with Crippen LogP contribution in [-0.2, 0) is 14.9 Å². The number of amides is 2. The van der Waals surface area contributed by atoms with Crippen LogP contribution in [0.2, 0.25) is 5.02 Å². The predicted molar refractivity (Wildman–Crippen MR) is 67.9 cm³/mol. The quantitative estimate of drug-likeness (QED) is 0.787. The first-order valence-corrected chi connectivity index (χ1v) is 6.13. The number of hydrogen-bond acceptors (Lipinski definition) is 2. The van der Waals surface area contributed by atoms with Gasteiger partial charge in [-0.15, -0.1) is 0 Å². The molecule has 16 heavy (non-hydrogen) atoms. The van der Waals surface area contributed by atoms with Gasteiger partial charge in [0.2, 0.25) is 11.8 Å². The second-order valence-corrected chi connectivity index (χ2v) is 4.22. The van der Waals surface area contributed by atoms with E-state index >= 15 is 0 Å². The molecular weight excluding hydrogens is 293 g/mol. The maximum Gasteiger partial charge on any atom is 0.230 e. The Hall–Kier alpha value is -0.870. The van der Waals surface area contributed by atoms with Crippen LogP contribution in [0.25, 0.3) is 0 Å². The van der Waals surface area contributed by atoms with E-state index in [1.54, 1.807) is 12.1 Å². The van der Waals surface area contributed by atoms with Crippen LogP contribution in [0, 0.1) is 0 Å². The van der Waals surface area contributed by atoms with Crippen LogP contribution < -0.4 is 4.90 Å². The first-order valence-electron chi connectivity index (χ1n) is 4.63. The minimum absolute atomic E-state index is 0.345. The molecule has 0 aromatic heterocycles. The molecule has 3 nitrogen and oxygen atoms in total. The fourth-order valence-corrected chi connectivity index (χ4v) is 2.19. The number of carbonyl (C=O) groups excluding carboxylic acids is 2. The molecule has 0 atom stereocenters. The second-order valence-electron chi connectivity index (χ2n) is 3.25. The Morgan fingerprint density at radius 1 is 1.31 bits per heavy atom. The molecule has 0 bridgehead atoms. The number of imide groups is 1. The molecule has 0 saturated heterocycles. The van der Waals surface area contributed by atoms with E-state index in [1.165, 1.54) is 13.8 Å². The molecule has 0 saturated carbocycles. The van der Waals surface area contributed by atoms with Gasteiger partial charge in [-0.2, -0.15) is 0 Å². The molecule has 5 heteroatoms. The number of nitrogens with zero attached hydrogens (tertiary/aromatic N) is 1. The Kier molecular flexibility index (Phi) is 4.50. The first kappa shape index (κ1) is 13.2. The molecule has 0 radical (unpaired) electrons. The van der Waals surface area contributed by atoms with Gasteiger partial charge in [0.25, 0.3) is 0 Å². The summed E-state index contributed by atoms with van der Waals surface area (Å²) in [6.07, 6.45) is 0. The standard InChI is InChI=1S/C11H11BrClNO2/c1-7(15)14(8(2)16)11-9(6-12)4-3-5-10(11)13/h3-5H,6H2,1-2H3. The lowest BCUT2D eigenvalue weighted by molar-refractivity contribution is -0.124. The zero-order chi connectivity index (χ0) is 12.3. The van der Waals surface area contributed by atoms with Crippen LogP contribution in [-0.4, -0.2) is 11.8 Å². The van der Waals surface area contributed by atoms with E-state index in [4.69, 9.17) is 11.6 Å². The molecular formula is C11H11BrClNO2. The molecule has 0 aliphatic carbocycles. The Morgan fingerprint density at radius 2 is 1.88 bits per heavy atom. The minimum atomic E-state index is -0.345. The minimum Gasteiger partial charge on any atom is -0.274 e. The van der Waals surface area contributed by atoms with Crippen molar-refractivity contribution >= 4 is 45.0 Å². The number of benzene rings is 1. The van der Waals surface area contributed by atoms with E-state index < -0.39 is 0 Å². The number of carbonyl (C=O) groups is 2. The molecule has 86 valence electrons. The number of rotatable bonds is 2. The van der Waals surface area contributed by atoms with Gasteiger partial charge in [0, 0.05) is 19.2 Å². The first-order chi connectivity index (χ1) is 7.49. The average molecular weight is 305 g/mol. The van der Waals surface area contributed by atoms with Crippen molar-refractivity contribution in [2.24, 2.45) is 0 Å². The average Bonchev–Trinajstić information content (AvgIpc) is 2.19. The van der Waals surface area contributed by atoms with Gasteiger partial charge in [0.05, 0.1) is 10.7 Å². The lowest BCUT2D eigenvalue weighted by Gasteiger charge is -2.21. The number of para-hydroxylation sites is 1. The van der Waals surface area contributed by atoms with Crippen molar-refractivity contribution in [2.75, 3.05) is 4.90 Å². The number of hydrogen-bond donors (Lipinski definition) is 0. The SMILES string of the molecule is CC(=O)N(C(C)=O)c1c(Cl)cccc1CBr. The van der Waals surface area contributed by atoms with Crippen LogP contribution in [0.5, 0.6) is 0 Å². The smallest absolute Gasteiger partial charge is 0.230 e. The molecule has 0 N–H and O–H groups in total. The molecule has 0 aliphatic rings. The van der Waals surface area contributed by atoms with Crippen molar-refractivity contribution in [2.45, 2.75) is 19.2 Å². The fourth-order valence-electron chi connectivity index (χ4n) is 1.45. The summed E-state index contributed by atoms with van der Waals surface area (Å²) in [5.41, 5.74) is 1.26. The van der Waals surface area contributed by atoms with Gasteiger partial charge >= 0.3 is 0 Å². The Bertz CT molecular complexity index is 420. The summed E-state index contributed by atoms with van der Waals surface area (Å²) in [6.45, 7) is 2.67. The summed E-state index contributed by atoms with van der Waals surface area (Å²) in [7, 11) is 0. The van der Waals surface area contributed by atoms with Crippen LogP contribution in [0.4, 0.5) is 5.69 Å². The highest BCUT2D eigenvalue weighted by Gasteiger charge is 2.21. The molecule has 0 unspecified atom stereocenters. The summed E-state index contributed by atoms with van der Waals surface area (Å²) in [5.74, 6) is -0.689. The van der Waals surface area contributed by atoms with Gasteiger partial charge in [-0.25, -0.2) is 4.90 Å². The monoisotopic (exact) mass is 303 g/mol. The van der Waals surface area contributed by atoms with Crippen LogP contribution in [0.15, 0.2) is 18.2 Å². The molecule has 1 aromatic carbocycles. The summed E-state index contributed by atoms with van der Waals surface area (Å²) in [5, 5.41) is 0.919. The van der Waals surface area contributed by atoms with Crippen molar-refractivity contribution in [3.05, 3.63) is 28.8 Å². The van der Waals surface area contributed by atoms with Crippen molar-refractivity contribution < 1.29 is 9.59 Å². The van der Waals surface area contributed by atoms with E-state index in [0.717, 1.165) is 10.5 Å². The van der Waals surface area contributed by atoms with Gasteiger partial charge in [-0.3, -0.25) is 9.59 Å². The molecule has 1 aromatic rings. The Balaban J connectivity index is 3.38. The number of anilines is 1. The third kappa shape index (κ3) is 2.62. The second kappa shape index (κ2) is 5.46. The van der Waals surface area contributed by atoms with Gasteiger partial charge in [-0.05, 0) is 11.6 Å². The summed E-state index contributed by atoms with van der Waals surface area (Å²) < 4.78 is 0. The van der Waals surface area contributed by atoms with E-state index in [9.17, 15) is 9.59 Å². The van der Waals surface area contributed by atoms with Crippen molar-refractivity contribution in [1.82, 2.24) is 0 Å². The third-order valence-corrected chi connectivity index (χ3v) is 2.98. The van der Waals surface area contributed by atoms with E-state index in [1.807, 2.05) is 6.07 Å². The van der Waals surface area contributed by atoms with E-state index in [0.29, 0.717) is 16.0 Å². The largest absolute Gasteiger partial charge is 0.274 e. The van der Waals surface area contributed by atoms with Crippen LogP contribution in [0.1, 0.15) is 19.4 Å². The third-order valence-electron chi connectivity index (χ3n) is 2.07. The number of alkyl halides is 1. The summed E-state index contributed by atoms with van der Waals surface area (Å²) in [4.78, 5) is 24.0. The normalized spacial score (nSPS) is 10.0. The van der Waals surface area contributed by atoms with Crippen LogP contribution in [0.3, 0.4) is 0 Å². The molecule has 2 amide bonds. The molecule has 0 aliphatic heterocycles. The number of halogens is 2. The Morgan fingerprint density at radius 3 is 2.31 bits per heavy atom. The van der Waals surface area contributed by atoms with Crippen LogP contribution >= 0.6 is 27.5 Å². The molecule has 0 heterocycles. The maximum atomic E-state index is 11.4. The zero-order valence-electron chi connectivity index (χ0n) is 8.96. The van der Waals surface area contributed by atoms with E-state index in [2.05, 4.69) is 15.9 Å². The fraction of sp³-hybridized carbons (Fsp3) is 0.273. The highest BCUT2D eigenvalue weighted by Crippen LogP contribution is 2.31. The molecule has 0 fully saturated rings. The lowest BCUT2D eigenvalue weighted by Crippen LogP contribution is -2.34. The topological polar surface area (TPSA) is 37.4 Å². The van der Waals surface area contributed by atoms with Crippen molar-refractivity contribution in [1.29, 1.82) is 0 Å². The highest BCUT2D eigenvalue weighted by molar-refractivity contribution is 9.08. The van der Waals surface area contributed by atoms with Gasteiger partial charge < -0.3 is 0 Å². The van der Waals surface area contributed by atoms with E-state index in [-0.39, 0.29) is 11.8 Å². The summed E-state index contributed by atoms with van der Waals surface area (Å²) in [6, 6.07) is 5.25. The predicted octanol–water partition coefficient (Wildman–Crippen LogP) is 3.13. The van der Waals surface area contributed by atoms with Gasteiger partial charge in [0.1, 0.15) is 0 Å². The van der Waals surface area contributed by atoms with Gasteiger partial charge in [0.15, 0.2) is 0 Å². The van der Waals surface area contributed by atoms with Crippen molar-refractivity contribution in [3.8, 4) is 0 Å². The van der Waals surface area contributed by atoms with Crippen molar-refractivity contribution in [3.63, 3.8) is 0 Å². The summed E-state index contributed by atoms with van der Waals surface area (Å²) >= 11 is 9.33. The molecule has 0 spiro atoms. The maximum absolute atomic E-state index is 11.4. The van der Waals surface area contributed by atoms with Gasteiger partial charge in [-0.1, -0.05) is 39.7 Å². The lowest BCUT2D eigenvalue weighted by atomic mass is 10.1. The zero-order valence-corrected chi connectivity index (χ0v) is 11.3. The molecule has 1 rings (SSSR count). The highest BCUT2D eigenvalue weighted by atomic mass is 79.9.